The number of hydrogen-bond donors (Lipinski definition) is 2. The van der Waals surface area contributed by atoms with Gasteiger partial charge in [-0.05, 0) is 33.3 Å². The quantitative estimate of drug-likeness (QED) is 0.814. The van der Waals surface area contributed by atoms with Gasteiger partial charge in [0.05, 0.1) is 0 Å². The summed E-state index contributed by atoms with van der Waals surface area (Å²) in [6.45, 7) is 8.11. The van der Waals surface area contributed by atoms with Crippen LogP contribution in [0.4, 0.5) is 0 Å². The molecule has 2 N–H and O–H groups in total. The zero-order valence-corrected chi connectivity index (χ0v) is 12.0. The van der Waals surface area contributed by atoms with E-state index in [1.165, 1.54) is 5.56 Å². The molecule has 0 bridgehead atoms. The Morgan fingerprint density at radius 3 is 2.16 bits per heavy atom. The fourth-order valence-corrected chi connectivity index (χ4v) is 1.58. The first-order chi connectivity index (χ1) is 8.76. The lowest BCUT2D eigenvalue weighted by atomic mass is 10.1. The third-order valence-electron chi connectivity index (χ3n) is 2.45. The Morgan fingerprint density at radius 1 is 1.05 bits per heavy atom. The normalized spacial score (nSPS) is 10.9. The molecule has 0 aliphatic carbocycles. The summed E-state index contributed by atoms with van der Waals surface area (Å²) < 4.78 is 0. The highest BCUT2D eigenvalue weighted by Gasteiger charge is 2.16. The molecule has 1 rings (SSSR count). The molecule has 0 radical (unpaired) electrons. The Bertz CT molecular complexity index is 444. The maximum atomic E-state index is 11.6. The van der Waals surface area contributed by atoms with Crippen LogP contribution in [0.5, 0.6) is 0 Å². The molecule has 0 aliphatic heterocycles. The van der Waals surface area contributed by atoms with Crippen molar-refractivity contribution < 1.29 is 9.59 Å². The molecule has 0 saturated heterocycles. The smallest absolute Gasteiger partial charge is 0.229 e. The van der Waals surface area contributed by atoms with E-state index in [0.717, 1.165) is 5.56 Å². The van der Waals surface area contributed by atoms with E-state index in [4.69, 9.17) is 0 Å². The van der Waals surface area contributed by atoms with Crippen LogP contribution in [-0.2, 0) is 16.1 Å². The second-order valence-electron chi connectivity index (χ2n) is 5.74. The summed E-state index contributed by atoms with van der Waals surface area (Å²) in [5.74, 6) is -0.517. The van der Waals surface area contributed by atoms with Gasteiger partial charge in [-0.1, -0.05) is 29.8 Å². The van der Waals surface area contributed by atoms with Gasteiger partial charge in [0, 0.05) is 12.1 Å². The topological polar surface area (TPSA) is 58.2 Å². The molecule has 0 atom stereocenters. The third kappa shape index (κ3) is 6.60. The van der Waals surface area contributed by atoms with Crippen molar-refractivity contribution in [1.82, 2.24) is 10.6 Å². The van der Waals surface area contributed by atoms with Gasteiger partial charge in [0.15, 0.2) is 0 Å². The molecule has 4 heteroatoms. The number of rotatable bonds is 4. The minimum atomic E-state index is -0.311. The Hall–Kier alpha value is -1.84. The van der Waals surface area contributed by atoms with E-state index in [2.05, 4.69) is 10.6 Å². The van der Waals surface area contributed by atoms with E-state index in [1.54, 1.807) is 0 Å². The highest BCUT2D eigenvalue weighted by atomic mass is 16.2. The van der Waals surface area contributed by atoms with Crippen LogP contribution in [0.3, 0.4) is 0 Å². The van der Waals surface area contributed by atoms with Gasteiger partial charge in [0.25, 0.3) is 0 Å². The molecule has 2 amide bonds. The van der Waals surface area contributed by atoms with Crippen LogP contribution >= 0.6 is 0 Å². The van der Waals surface area contributed by atoms with Crippen LogP contribution < -0.4 is 10.6 Å². The summed E-state index contributed by atoms with van der Waals surface area (Å²) >= 11 is 0. The molecule has 0 fully saturated rings. The van der Waals surface area contributed by atoms with Gasteiger partial charge in [-0.2, -0.15) is 0 Å². The van der Waals surface area contributed by atoms with Crippen molar-refractivity contribution in [1.29, 1.82) is 0 Å². The number of nitrogens with one attached hydrogen (secondary N) is 2. The third-order valence-corrected chi connectivity index (χ3v) is 2.45. The summed E-state index contributed by atoms with van der Waals surface area (Å²) in [4.78, 5) is 23.2. The van der Waals surface area contributed by atoms with Crippen LogP contribution in [0.25, 0.3) is 0 Å². The molecule has 104 valence electrons. The minimum Gasteiger partial charge on any atom is -0.352 e. The lowest BCUT2D eigenvalue weighted by Crippen LogP contribution is -2.42. The van der Waals surface area contributed by atoms with Crippen LogP contribution in [-0.4, -0.2) is 17.4 Å². The highest BCUT2D eigenvalue weighted by Crippen LogP contribution is 2.03. The number of hydrogen-bond acceptors (Lipinski definition) is 2. The van der Waals surface area contributed by atoms with Crippen molar-refractivity contribution in [3.63, 3.8) is 0 Å². The number of carbonyl (C=O) groups excluding carboxylic acids is 2. The van der Waals surface area contributed by atoms with Crippen LogP contribution in [0.2, 0.25) is 0 Å². The van der Waals surface area contributed by atoms with Crippen LogP contribution in [0.15, 0.2) is 24.3 Å². The largest absolute Gasteiger partial charge is 0.352 e. The molecule has 0 aliphatic rings. The molecule has 0 saturated carbocycles. The van der Waals surface area contributed by atoms with Gasteiger partial charge in [-0.25, -0.2) is 0 Å². The monoisotopic (exact) mass is 262 g/mol. The number of carbonyl (C=O) groups is 2. The Morgan fingerprint density at radius 2 is 1.63 bits per heavy atom. The fourth-order valence-electron chi connectivity index (χ4n) is 1.58. The molecule has 1 aromatic rings. The van der Waals surface area contributed by atoms with Gasteiger partial charge in [0.1, 0.15) is 6.42 Å². The van der Waals surface area contributed by atoms with Gasteiger partial charge in [-0.15, -0.1) is 0 Å². The molecular formula is C15H22N2O2. The maximum absolute atomic E-state index is 11.6. The molecule has 1 aromatic carbocycles. The molecule has 0 unspecified atom stereocenters. The Kier molecular flexibility index (Phi) is 5.10. The van der Waals surface area contributed by atoms with E-state index in [-0.39, 0.29) is 23.8 Å². The average Bonchev–Trinajstić information content (AvgIpc) is 2.25. The van der Waals surface area contributed by atoms with E-state index in [9.17, 15) is 9.59 Å². The standard InChI is InChI=1S/C15H22N2O2/c1-11-5-7-12(8-6-11)10-16-13(18)9-14(19)17-15(2,3)4/h5-8H,9-10H2,1-4H3,(H,16,18)(H,17,19). The number of aryl methyl sites for hydroxylation is 1. The first kappa shape index (κ1) is 15.2. The second kappa shape index (κ2) is 6.36. The maximum Gasteiger partial charge on any atom is 0.229 e. The lowest BCUT2D eigenvalue weighted by Gasteiger charge is -2.20. The second-order valence-corrected chi connectivity index (χ2v) is 5.74. The molecule has 0 aromatic heterocycles. The van der Waals surface area contributed by atoms with Gasteiger partial charge < -0.3 is 10.6 Å². The summed E-state index contributed by atoms with van der Waals surface area (Å²) in [6.07, 6.45) is -0.136. The van der Waals surface area contributed by atoms with Crippen molar-refractivity contribution in [3.05, 3.63) is 35.4 Å². The molecule has 4 nitrogen and oxygen atoms in total. The predicted molar refractivity (Wildman–Crippen MR) is 75.5 cm³/mol. The highest BCUT2D eigenvalue weighted by molar-refractivity contribution is 5.97. The lowest BCUT2D eigenvalue weighted by molar-refractivity contribution is -0.130. The van der Waals surface area contributed by atoms with Gasteiger partial charge in [0.2, 0.25) is 11.8 Å². The Labute approximate surface area is 114 Å². The summed E-state index contributed by atoms with van der Waals surface area (Å²) in [6, 6.07) is 7.91. The fraction of sp³-hybridized carbons (Fsp3) is 0.467. The van der Waals surface area contributed by atoms with Crippen molar-refractivity contribution in [3.8, 4) is 0 Å². The number of amides is 2. The van der Waals surface area contributed by atoms with Gasteiger partial charge >= 0.3 is 0 Å². The van der Waals surface area contributed by atoms with E-state index in [1.807, 2.05) is 52.0 Å². The first-order valence-corrected chi connectivity index (χ1v) is 6.39. The van der Waals surface area contributed by atoms with Crippen molar-refractivity contribution in [2.75, 3.05) is 0 Å². The molecule has 19 heavy (non-hydrogen) atoms. The summed E-state index contributed by atoms with van der Waals surface area (Å²) in [5.41, 5.74) is 1.89. The number of benzene rings is 1. The zero-order chi connectivity index (χ0) is 14.5. The molecule has 0 spiro atoms. The van der Waals surface area contributed by atoms with Crippen LogP contribution in [0, 0.1) is 6.92 Å². The van der Waals surface area contributed by atoms with Gasteiger partial charge in [-0.3, -0.25) is 9.59 Å². The van der Waals surface area contributed by atoms with Crippen molar-refractivity contribution in [2.24, 2.45) is 0 Å². The van der Waals surface area contributed by atoms with E-state index >= 15 is 0 Å². The molecule has 0 heterocycles. The first-order valence-electron chi connectivity index (χ1n) is 6.39. The minimum absolute atomic E-state index is 0.136. The summed E-state index contributed by atoms with van der Waals surface area (Å²) in [7, 11) is 0. The summed E-state index contributed by atoms with van der Waals surface area (Å²) in [5, 5.41) is 5.49. The van der Waals surface area contributed by atoms with Crippen LogP contribution in [0.1, 0.15) is 38.3 Å². The van der Waals surface area contributed by atoms with E-state index < -0.39 is 0 Å². The zero-order valence-electron chi connectivity index (χ0n) is 12.0. The average molecular weight is 262 g/mol. The van der Waals surface area contributed by atoms with Crippen molar-refractivity contribution >= 4 is 11.8 Å². The SMILES string of the molecule is Cc1ccc(CNC(=O)CC(=O)NC(C)(C)C)cc1. The molecular weight excluding hydrogens is 240 g/mol. The van der Waals surface area contributed by atoms with E-state index in [0.29, 0.717) is 6.54 Å². The Balaban J connectivity index is 2.36. The van der Waals surface area contributed by atoms with Crippen molar-refractivity contribution in [2.45, 2.75) is 46.2 Å². The predicted octanol–water partition coefficient (Wildman–Crippen LogP) is 1.92.